The summed E-state index contributed by atoms with van der Waals surface area (Å²) in [5.41, 5.74) is 1.20. The maximum atomic E-state index is 14.4. The van der Waals surface area contributed by atoms with Crippen LogP contribution in [0.15, 0.2) is 78.9 Å². The van der Waals surface area contributed by atoms with Crippen LogP contribution >= 0.6 is 0 Å². The van der Waals surface area contributed by atoms with E-state index in [1.54, 1.807) is 49.6 Å². The van der Waals surface area contributed by atoms with Gasteiger partial charge in [-0.1, -0.05) is 48.5 Å². The molecule has 0 heterocycles. The zero-order chi connectivity index (χ0) is 23.6. The molecule has 33 heavy (non-hydrogen) atoms. The second-order valence-electron chi connectivity index (χ2n) is 7.40. The third-order valence-electron chi connectivity index (χ3n) is 5.24. The van der Waals surface area contributed by atoms with Crippen molar-refractivity contribution < 1.29 is 23.5 Å². The summed E-state index contributed by atoms with van der Waals surface area (Å²) in [6.45, 7) is -0.370. The Morgan fingerprint density at radius 1 is 0.939 bits per heavy atom. The second-order valence-corrected chi connectivity index (χ2v) is 7.40. The van der Waals surface area contributed by atoms with Crippen molar-refractivity contribution in [2.45, 2.75) is 19.0 Å². The zero-order valence-electron chi connectivity index (χ0n) is 18.7. The molecular formula is C26H27FN2O4. The van der Waals surface area contributed by atoms with E-state index in [0.29, 0.717) is 17.1 Å². The van der Waals surface area contributed by atoms with E-state index in [9.17, 15) is 14.0 Å². The van der Waals surface area contributed by atoms with Gasteiger partial charge in [-0.2, -0.15) is 0 Å². The molecule has 3 rings (SSSR count). The highest BCUT2D eigenvalue weighted by atomic mass is 19.1. The third kappa shape index (κ3) is 6.55. The fourth-order valence-corrected chi connectivity index (χ4v) is 3.43. The number of hydrogen-bond donors (Lipinski definition) is 1. The molecule has 1 N–H and O–H groups in total. The standard InChI is InChI=1S/C26H27FN2O4/c1-28-26(31)24(16-19-8-4-3-5-9-19)29(17-20-10-6-7-11-23(20)27)25(30)18-33-22-14-12-21(32-2)13-15-22/h3-15,24H,16-18H2,1-2H3,(H,28,31)/t24-/m0/s1. The molecular weight excluding hydrogens is 423 g/mol. The lowest BCUT2D eigenvalue weighted by molar-refractivity contribution is -0.142. The number of methoxy groups -OCH3 is 1. The molecule has 2 amide bonds. The molecule has 3 aromatic rings. The van der Waals surface area contributed by atoms with E-state index in [1.165, 1.54) is 18.0 Å². The van der Waals surface area contributed by atoms with Crippen molar-refractivity contribution in [2.75, 3.05) is 20.8 Å². The van der Waals surface area contributed by atoms with Crippen LogP contribution in [0.25, 0.3) is 0 Å². The van der Waals surface area contributed by atoms with Gasteiger partial charge >= 0.3 is 0 Å². The quantitative estimate of drug-likeness (QED) is 0.513. The van der Waals surface area contributed by atoms with Gasteiger partial charge in [0.15, 0.2) is 6.61 Å². The van der Waals surface area contributed by atoms with E-state index in [4.69, 9.17) is 9.47 Å². The minimum Gasteiger partial charge on any atom is -0.497 e. The highest BCUT2D eigenvalue weighted by molar-refractivity contribution is 5.88. The van der Waals surface area contributed by atoms with Gasteiger partial charge in [0.2, 0.25) is 5.91 Å². The predicted molar refractivity (Wildman–Crippen MR) is 123 cm³/mol. The highest BCUT2D eigenvalue weighted by Crippen LogP contribution is 2.19. The van der Waals surface area contributed by atoms with Crippen LogP contribution in [0, 0.1) is 5.82 Å². The Kier molecular flexibility index (Phi) is 8.41. The van der Waals surface area contributed by atoms with Crippen molar-refractivity contribution in [2.24, 2.45) is 0 Å². The molecule has 6 nitrogen and oxygen atoms in total. The third-order valence-corrected chi connectivity index (χ3v) is 5.24. The number of likely N-dealkylation sites (N-methyl/N-ethyl adjacent to an activating group) is 1. The summed E-state index contributed by atoms with van der Waals surface area (Å²) in [4.78, 5) is 27.5. The lowest BCUT2D eigenvalue weighted by atomic mass is 10.0. The molecule has 172 valence electrons. The van der Waals surface area contributed by atoms with Crippen LogP contribution in [-0.4, -0.2) is 43.5 Å². The van der Waals surface area contributed by atoms with Crippen molar-refractivity contribution in [1.29, 1.82) is 0 Å². The summed E-state index contributed by atoms with van der Waals surface area (Å²) >= 11 is 0. The van der Waals surface area contributed by atoms with Gasteiger partial charge in [-0.15, -0.1) is 0 Å². The number of nitrogens with one attached hydrogen (secondary N) is 1. The minimum absolute atomic E-state index is 0.0671. The average molecular weight is 451 g/mol. The first kappa shape index (κ1) is 23.8. The first-order valence-electron chi connectivity index (χ1n) is 10.6. The fourth-order valence-electron chi connectivity index (χ4n) is 3.43. The number of amides is 2. The van der Waals surface area contributed by atoms with E-state index < -0.39 is 17.8 Å². The monoisotopic (exact) mass is 450 g/mol. The number of rotatable bonds is 10. The first-order valence-corrected chi connectivity index (χ1v) is 10.6. The van der Waals surface area contributed by atoms with Crippen LogP contribution in [0.1, 0.15) is 11.1 Å². The summed E-state index contributed by atoms with van der Waals surface area (Å²) in [5.74, 6) is -0.0692. The van der Waals surface area contributed by atoms with Crippen molar-refractivity contribution >= 4 is 11.8 Å². The van der Waals surface area contributed by atoms with Gasteiger partial charge in [-0.3, -0.25) is 9.59 Å². The Balaban J connectivity index is 1.86. The Bertz CT molecular complexity index is 1060. The lowest BCUT2D eigenvalue weighted by Crippen LogP contribution is -2.51. The van der Waals surface area contributed by atoms with Crippen molar-refractivity contribution in [1.82, 2.24) is 10.2 Å². The Morgan fingerprint density at radius 3 is 2.21 bits per heavy atom. The van der Waals surface area contributed by atoms with E-state index in [2.05, 4.69) is 5.32 Å². The highest BCUT2D eigenvalue weighted by Gasteiger charge is 2.30. The molecule has 0 aliphatic rings. The van der Waals surface area contributed by atoms with E-state index in [1.807, 2.05) is 30.3 Å². The fraction of sp³-hybridized carbons (Fsp3) is 0.231. The van der Waals surface area contributed by atoms with Gasteiger partial charge in [0.25, 0.3) is 5.91 Å². The van der Waals surface area contributed by atoms with Gasteiger partial charge in [-0.05, 0) is 35.9 Å². The summed E-state index contributed by atoms with van der Waals surface area (Å²) in [7, 11) is 3.07. The first-order chi connectivity index (χ1) is 16.0. The molecule has 7 heteroatoms. The molecule has 0 aromatic heterocycles. The number of hydrogen-bond acceptors (Lipinski definition) is 4. The maximum absolute atomic E-state index is 14.4. The molecule has 0 aliphatic heterocycles. The molecule has 0 bridgehead atoms. The summed E-state index contributed by atoms with van der Waals surface area (Å²) in [6.07, 6.45) is 0.281. The lowest BCUT2D eigenvalue weighted by Gasteiger charge is -2.31. The molecule has 3 aromatic carbocycles. The number of halogens is 1. The molecule has 0 radical (unpaired) electrons. The van der Waals surface area contributed by atoms with Gasteiger partial charge in [0.05, 0.1) is 7.11 Å². The number of carbonyl (C=O) groups excluding carboxylic acids is 2. The largest absolute Gasteiger partial charge is 0.497 e. The molecule has 0 saturated heterocycles. The van der Waals surface area contributed by atoms with E-state index >= 15 is 0 Å². The van der Waals surface area contributed by atoms with Gasteiger partial charge < -0.3 is 19.7 Å². The van der Waals surface area contributed by atoms with Crippen LogP contribution in [-0.2, 0) is 22.6 Å². The van der Waals surface area contributed by atoms with Crippen LogP contribution < -0.4 is 14.8 Å². The Hall–Kier alpha value is -3.87. The Labute approximate surface area is 192 Å². The summed E-state index contributed by atoms with van der Waals surface area (Å²) in [6, 6.07) is 21.6. The Morgan fingerprint density at radius 2 is 1.58 bits per heavy atom. The predicted octanol–water partition coefficient (Wildman–Crippen LogP) is 3.60. The van der Waals surface area contributed by atoms with Gasteiger partial charge in [0, 0.05) is 25.6 Å². The maximum Gasteiger partial charge on any atom is 0.261 e. The molecule has 0 saturated carbocycles. The summed E-state index contributed by atoms with van der Waals surface area (Å²) in [5, 5.41) is 2.63. The van der Waals surface area contributed by atoms with Crippen LogP contribution in [0.3, 0.4) is 0 Å². The van der Waals surface area contributed by atoms with Gasteiger partial charge in [-0.25, -0.2) is 4.39 Å². The van der Waals surface area contributed by atoms with Crippen LogP contribution in [0.4, 0.5) is 4.39 Å². The number of ether oxygens (including phenoxy) is 2. The van der Waals surface area contributed by atoms with Crippen molar-refractivity contribution in [3.05, 3.63) is 95.8 Å². The molecule has 0 spiro atoms. The SMILES string of the molecule is CNC(=O)[C@H](Cc1ccccc1)N(Cc1ccccc1F)C(=O)COc1ccc(OC)cc1. The zero-order valence-corrected chi connectivity index (χ0v) is 18.7. The second kappa shape index (κ2) is 11.7. The topological polar surface area (TPSA) is 67.9 Å². The number of benzene rings is 3. The average Bonchev–Trinajstić information content (AvgIpc) is 2.86. The van der Waals surface area contributed by atoms with Gasteiger partial charge in [0.1, 0.15) is 23.4 Å². The molecule has 1 atom stereocenters. The number of nitrogens with zero attached hydrogens (tertiary/aromatic N) is 1. The molecule has 0 unspecified atom stereocenters. The van der Waals surface area contributed by atoms with Crippen molar-refractivity contribution in [3.63, 3.8) is 0 Å². The summed E-state index contributed by atoms with van der Waals surface area (Å²) < 4.78 is 25.2. The van der Waals surface area contributed by atoms with Crippen molar-refractivity contribution in [3.8, 4) is 11.5 Å². The minimum atomic E-state index is -0.844. The van der Waals surface area contributed by atoms with E-state index in [-0.39, 0.29) is 25.5 Å². The molecule has 0 fully saturated rings. The van der Waals surface area contributed by atoms with Crippen LogP contribution in [0.2, 0.25) is 0 Å². The van der Waals surface area contributed by atoms with Crippen LogP contribution in [0.5, 0.6) is 11.5 Å². The smallest absolute Gasteiger partial charge is 0.261 e. The normalized spacial score (nSPS) is 11.4. The van der Waals surface area contributed by atoms with E-state index in [0.717, 1.165) is 5.56 Å². The number of carbonyl (C=O) groups is 2. The molecule has 0 aliphatic carbocycles.